The van der Waals surface area contributed by atoms with Gasteiger partial charge in [-0.3, -0.25) is 9.69 Å². The number of primary amides is 2. The number of nitrogens with zero attached hydrogens (tertiary/aromatic N) is 1. The molecule has 0 radical (unpaired) electrons. The lowest BCUT2D eigenvalue weighted by molar-refractivity contribution is 0.0999. The van der Waals surface area contributed by atoms with Gasteiger partial charge in [0.2, 0.25) is 0 Å². The Morgan fingerprint density at radius 2 is 2.13 bits per heavy atom. The largest absolute Gasteiger partial charge is 0.366 e. The summed E-state index contributed by atoms with van der Waals surface area (Å²) in [7, 11) is 0. The van der Waals surface area contributed by atoms with Crippen LogP contribution in [0, 0.1) is 0 Å². The van der Waals surface area contributed by atoms with Crippen molar-refractivity contribution in [2.45, 2.75) is 6.54 Å². The van der Waals surface area contributed by atoms with Crippen LogP contribution in [0.15, 0.2) is 12.4 Å². The van der Waals surface area contributed by atoms with Crippen LogP contribution in [-0.2, 0) is 6.54 Å². The molecule has 2 rings (SSSR count). The number of aromatic amines is 1. The highest BCUT2D eigenvalue weighted by molar-refractivity contribution is 5.95. The Kier molecular flexibility index (Phi) is 1.96. The summed E-state index contributed by atoms with van der Waals surface area (Å²) in [5.74, 6) is -0.521. The average molecular weight is 206 g/mol. The van der Waals surface area contributed by atoms with Gasteiger partial charge in [0, 0.05) is 23.7 Å². The van der Waals surface area contributed by atoms with Gasteiger partial charge in [0.05, 0.1) is 12.1 Å². The number of hydrogen-bond donors (Lipinski definition) is 3. The first kappa shape index (κ1) is 9.32. The van der Waals surface area contributed by atoms with Gasteiger partial charge >= 0.3 is 6.03 Å². The van der Waals surface area contributed by atoms with E-state index in [2.05, 4.69) is 4.98 Å². The Morgan fingerprint density at radius 1 is 1.40 bits per heavy atom. The molecule has 0 aromatic carbocycles. The van der Waals surface area contributed by atoms with E-state index in [9.17, 15) is 9.59 Å². The Hall–Kier alpha value is -2.24. The zero-order valence-electron chi connectivity index (χ0n) is 7.86. The van der Waals surface area contributed by atoms with Crippen molar-refractivity contribution in [1.82, 2.24) is 9.88 Å². The van der Waals surface area contributed by atoms with Crippen LogP contribution in [0.25, 0.3) is 6.08 Å². The second kappa shape index (κ2) is 3.16. The maximum absolute atomic E-state index is 11.1. The van der Waals surface area contributed by atoms with Crippen molar-refractivity contribution in [2.75, 3.05) is 0 Å². The fraction of sp³-hybridized carbons (Fsp3) is 0.111. The van der Waals surface area contributed by atoms with Crippen LogP contribution >= 0.6 is 0 Å². The van der Waals surface area contributed by atoms with Crippen LogP contribution in [0.5, 0.6) is 0 Å². The van der Waals surface area contributed by atoms with Crippen molar-refractivity contribution in [1.29, 1.82) is 0 Å². The monoisotopic (exact) mass is 206 g/mol. The summed E-state index contributed by atoms with van der Waals surface area (Å²) in [6.07, 6.45) is 4.77. The Bertz CT molecular complexity index is 461. The zero-order valence-corrected chi connectivity index (χ0v) is 7.86. The highest BCUT2D eigenvalue weighted by atomic mass is 16.2. The molecule has 5 N–H and O–H groups in total. The maximum atomic E-state index is 11.1. The normalized spacial score (nSPS) is 13.7. The van der Waals surface area contributed by atoms with E-state index in [4.69, 9.17) is 11.5 Å². The first-order valence-corrected chi connectivity index (χ1v) is 4.34. The predicted octanol–water partition coefficient (Wildman–Crippen LogP) is -0.0214. The third kappa shape index (κ3) is 1.45. The lowest BCUT2D eigenvalue weighted by Crippen LogP contribution is -2.32. The SMILES string of the molecule is NC(=O)c1c[nH]c2c1CN(C(N)=O)C=C2. The lowest BCUT2D eigenvalue weighted by atomic mass is 10.1. The number of rotatable bonds is 1. The predicted molar refractivity (Wildman–Crippen MR) is 53.5 cm³/mol. The van der Waals surface area contributed by atoms with Gasteiger partial charge in [-0.05, 0) is 6.08 Å². The minimum Gasteiger partial charge on any atom is -0.366 e. The molecule has 0 fully saturated rings. The third-order valence-corrected chi connectivity index (χ3v) is 2.32. The van der Waals surface area contributed by atoms with Crippen LogP contribution in [-0.4, -0.2) is 21.8 Å². The minimum absolute atomic E-state index is 0.267. The molecule has 0 aliphatic carbocycles. The van der Waals surface area contributed by atoms with Gasteiger partial charge in [-0.1, -0.05) is 0 Å². The van der Waals surface area contributed by atoms with E-state index in [1.165, 1.54) is 11.1 Å². The Labute approximate surface area is 85.5 Å². The van der Waals surface area contributed by atoms with Crippen molar-refractivity contribution in [3.63, 3.8) is 0 Å². The maximum Gasteiger partial charge on any atom is 0.319 e. The zero-order chi connectivity index (χ0) is 11.0. The first-order chi connectivity index (χ1) is 7.09. The summed E-state index contributed by atoms with van der Waals surface area (Å²) in [6, 6.07) is -0.562. The van der Waals surface area contributed by atoms with E-state index in [1.54, 1.807) is 12.3 Å². The van der Waals surface area contributed by atoms with Gasteiger partial charge in [-0.2, -0.15) is 0 Å². The summed E-state index contributed by atoms with van der Waals surface area (Å²) in [4.78, 5) is 26.2. The summed E-state index contributed by atoms with van der Waals surface area (Å²) in [5, 5.41) is 0. The fourth-order valence-corrected chi connectivity index (χ4v) is 1.55. The molecule has 0 spiro atoms. The van der Waals surface area contributed by atoms with E-state index in [-0.39, 0.29) is 6.54 Å². The number of carbonyl (C=O) groups excluding carboxylic acids is 2. The molecule has 6 heteroatoms. The van der Waals surface area contributed by atoms with Crippen molar-refractivity contribution >= 4 is 18.0 Å². The fourth-order valence-electron chi connectivity index (χ4n) is 1.55. The van der Waals surface area contributed by atoms with Gasteiger partial charge in [-0.15, -0.1) is 0 Å². The molecular formula is C9H10N4O2. The molecule has 6 nitrogen and oxygen atoms in total. The minimum atomic E-state index is -0.562. The molecule has 1 aromatic rings. The van der Waals surface area contributed by atoms with Gasteiger partial charge in [0.25, 0.3) is 5.91 Å². The smallest absolute Gasteiger partial charge is 0.319 e. The van der Waals surface area contributed by atoms with Gasteiger partial charge < -0.3 is 16.5 Å². The summed E-state index contributed by atoms with van der Waals surface area (Å²) < 4.78 is 0. The topological polar surface area (TPSA) is 105 Å². The third-order valence-electron chi connectivity index (χ3n) is 2.32. The van der Waals surface area contributed by atoms with Crippen LogP contribution in [0.3, 0.4) is 0 Å². The lowest BCUT2D eigenvalue weighted by Gasteiger charge is -2.19. The van der Waals surface area contributed by atoms with Crippen LogP contribution in [0.2, 0.25) is 0 Å². The Morgan fingerprint density at radius 3 is 2.73 bits per heavy atom. The van der Waals surface area contributed by atoms with Crippen LogP contribution in [0.1, 0.15) is 21.6 Å². The van der Waals surface area contributed by atoms with Crippen molar-refractivity contribution in [3.8, 4) is 0 Å². The highest BCUT2D eigenvalue weighted by Gasteiger charge is 2.20. The average Bonchev–Trinajstić information content (AvgIpc) is 2.59. The van der Waals surface area contributed by atoms with E-state index in [0.717, 1.165) is 5.69 Å². The molecule has 0 saturated heterocycles. The van der Waals surface area contributed by atoms with E-state index in [1.807, 2.05) is 0 Å². The molecule has 1 aliphatic rings. The number of aromatic nitrogens is 1. The number of fused-ring (bicyclic) bond motifs is 1. The van der Waals surface area contributed by atoms with Crippen LogP contribution < -0.4 is 11.5 Å². The number of carbonyl (C=O) groups is 2. The molecular weight excluding hydrogens is 196 g/mol. The molecule has 0 bridgehead atoms. The second-order valence-electron chi connectivity index (χ2n) is 3.24. The number of hydrogen-bond acceptors (Lipinski definition) is 2. The summed E-state index contributed by atoms with van der Waals surface area (Å²) >= 11 is 0. The van der Waals surface area contributed by atoms with E-state index < -0.39 is 11.9 Å². The first-order valence-electron chi connectivity index (χ1n) is 4.34. The number of H-pyrrole nitrogens is 1. The Balaban J connectivity index is 2.41. The summed E-state index contributed by atoms with van der Waals surface area (Å²) in [6.45, 7) is 0.267. The number of nitrogens with one attached hydrogen (secondary N) is 1. The molecule has 1 aliphatic heterocycles. The quantitative estimate of drug-likeness (QED) is 0.600. The molecule has 2 heterocycles. The molecule has 0 unspecified atom stereocenters. The number of nitrogens with two attached hydrogens (primary N) is 2. The van der Waals surface area contributed by atoms with Gasteiger partial charge in [0.1, 0.15) is 0 Å². The van der Waals surface area contributed by atoms with Crippen molar-refractivity contribution in [3.05, 3.63) is 29.2 Å². The van der Waals surface area contributed by atoms with E-state index in [0.29, 0.717) is 11.1 Å². The standard InChI is InChI=1S/C9H10N4O2/c10-8(14)5-3-12-7-1-2-13(9(11)15)4-6(5)7/h1-3,12H,4H2,(H2,10,14)(H2,11,15). The van der Waals surface area contributed by atoms with Crippen LogP contribution in [0.4, 0.5) is 4.79 Å². The van der Waals surface area contributed by atoms with Gasteiger partial charge in [0.15, 0.2) is 0 Å². The van der Waals surface area contributed by atoms with Crippen molar-refractivity contribution < 1.29 is 9.59 Å². The second-order valence-corrected chi connectivity index (χ2v) is 3.24. The molecule has 3 amide bonds. The molecule has 0 saturated carbocycles. The number of amides is 3. The highest BCUT2D eigenvalue weighted by Crippen LogP contribution is 2.22. The van der Waals surface area contributed by atoms with E-state index >= 15 is 0 Å². The van der Waals surface area contributed by atoms with Crippen molar-refractivity contribution in [2.24, 2.45) is 11.5 Å². The molecule has 15 heavy (non-hydrogen) atoms. The molecule has 0 atom stereocenters. The number of urea groups is 1. The summed E-state index contributed by atoms with van der Waals surface area (Å²) in [5.41, 5.74) is 12.2. The molecule has 1 aromatic heterocycles. The van der Waals surface area contributed by atoms with Gasteiger partial charge in [-0.25, -0.2) is 4.79 Å². The molecule has 78 valence electrons.